The van der Waals surface area contributed by atoms with Crippen LogP contribution in [0.4, 0.5) is 5.13 Å². The molecule has 2 aliphatic carbocycles. The molecule has 8 nitrogen and oxygen atoms in total. The molecule has 0 radical (unpaired) electrons. The summed E-state index contributed by atoms with van der Waals surface area (Å²) in [6.07, 6.45) is 5.64. The molecule has 3 amide bonds. The molecule has 6 atom stereocenters. The molecule has 4 aliphatic rings. The molecule has 1 saturated carbocycles. The minimum atomic E-state index is -0.547. The fourth-order valence-corrected chi connectivity index (χ4v) is 8.94. The van der Waals surface area contributed by atoms with Crippen molar-refractivity contribution < 1.29 is 19.5 Å². The van der Waals surface area contributed by atoms with Crippen molar-refractivity contribution in [1.29, 1.82) is 0 Å². The van der Waals surface area contributed by atoms with E-state index in [2.05, 4.69) is 19.2 Å². The fourth-order valence-electron chi connectivity index (χ4n) is 7.67. The van der Waals surface area contributed by atoms with E-state index in [1.54, 1.807) is 23.2 Å². The molecule has 1 aromatic rings. The Kier molecular flexibility index (Phi) is 7.39. The molecule has 0 bridgehead atoms. The molecule has 0 spiro atoms. The zero-order valence-corrected chi connectivity index (χ0v) is 23.5. The average Bonchev–Trinajstić information content (AvgIpc) is 3.53. The van der Waals surface area contributed by atoms with Gasteiger partial charge < -0.3 is 20.2 Å². The van der Waals surface area contributed by atoms with Crippen molar-refractivity contribution in [2.75, 3.05) is 31.5 Å². The number of hydrogen-bond donors (Lipinski definition) is 2. The van der Waals surface area contributed by atoms with Gasteiger partial charge in [-0.15, -0.1) is 11.3 Å². The van der Waals surface area contributed by atoms with Gasteiger partial charge in [0, 0.05) is 55.7 Å². The Morgan fingerprint density at radius 3 is 2.43 bits per heavy atom. The molecule has 2 aliphatic heterocycles. The number of carbonyl (C=O) groups is 3. The summed E-state index contributed by atoms with van der Waals surface area (Å²) in [6, 6.07) is 0. The molecule has 0 aromatic carbocycles. The van der Waals surface area contributed by atoms with E-state index in [1.807, 2.05) is 11.8 Å². The number of hydrogen-bond acceptors (Lipinski definition) is 6. The number of piperidine rings is 1. The number of nitrogens with one attached hydrogen (secondary N) is 1. The monoisotopic (exact) mass is 530 g/mol. The van der Waals surface area contributed by atoms with Gasteiger partial charge in [0.1, 0.15) is 0 Å². The van der Waals surface area contributed by atoms with Crippen LogP contribution >= 0.6 is 11.3 Å². The van der Waals surface area contributed by atoms with E-state index in [9.17, 15) is 19.5 Å². The highest BCUT2D eigenvalue weighted by Gasteiger charge is 2.54. The number of aliphatic hydroxyl groups is 1. The molecule has 6 unspecified atom stereocenters. The number of amides is 3. The van der Waals surface area contributed by atoms with Crippen molar-refractivity contribution in [3.8, 4) is 0 Å². The summed E-state index contributed by atoms with van der Waals surface area (Å²) in [7, 11) is 0. The second-order valence-electron chi connectivity index (χ2n) is 12.3. The van der Waals surface area contributed by atoms with E-state index in [4.69, 9.17) is 4.98 Å². The van der Waals surface area contributed by atoms with Crippen LogP contribution in [0.25, 0.3) is 0 Å². The van der Waals surface area contributed by atoms with Gasteiger partial charge in [0.2, 0.25) is 17.7 Å². The van der Waals surface area contributed by atoms with Crippen molar-refractivity contribution in [3.63, 3.8) is 0 Å². The van der Waals surface area contributed by atoms with Crippen LogP contribution in [0.1, 0.15) is 82.7 Å². The Morgan fingerprint density at radius 2 is 1.78 bits per heavy atom. The molecular formula is C28H42N4O4S. The van der Waals surface area contributed by atoms with E-state index < -0.39 is 6.10 Å². The fraction of sp³-hybridized carbons (Fsp3) is 0.786. The van der Waals surface area contributed by atoms with Gasteiger partial charge in [-0.05, 0) is 62.2 Å². The molecule has 3 heterocycles. The van der Waals surface area contributed by atoms with Crippen LogP contribution in [-0.2, 0) is 20.8 Å². The zero-order chi connectivity index (χ0) is 26.5. The van der Waals surface area contributed by atoms with Gasteiger partial charge in [0.15, 0.2) is 5.13 Å². The number of aliphatic hydroxyl groups excluding tert-OH is 1. The van der Waals surface area contributed by atoms with Crippen molar-refractivity contribution in [2.45, 2.75) is 84.7 Å². The lowest BCUT2D eigenvalue weighted by molar-refractivity contribution is -0.143. The smallest absolute Gasteiger partial charge is 0.229 e. The van der Waals surface area contributed by atoms with Crippen molar-refractivity contribution in [3.05, 3.63) is 10.6 Å². The Bertz CT molecular complexity index is 1040. The lowest BCUT2D eigenvalue weighted by Gasteiger charge is -2.53. The molecule has 5 rings (SSSR count). The van der Waals surface area contributed by atoms with Gasteiger partial charge in [-0.1, -0.05) is 20.8 Å². The Hall–Kier alpha value is -2.00. The second kappa shape index (κ2) is 10.3. The number of thiazole rings is 1. The van der Waals surface area contributed by atoms with Crippen molar-refractivity contribution in [2.24, 2.45) is 29.1 Å². The minimum absolute atomic E-state index is 0.0140. The zero-order valence-electron chi connectivity index (χ0n) is 22.7. The van der Waals surface area contributed by atoms with Crippen LogP contribution in [-0.4, -0.2) is 69.9 Å². The van der Waals surface area contributed by atoms with Gasteiger partial charge in [-0.2, -0.15) is 0 Å². The highest BCUT2D eigenvalue weighted by Crippen LogP contribution is 2.57. The number of rotatable bonds is 4. The first kappa shape index (κ1) is 26.6. The van der Waals surface area contributed by atoms with E-state index in [0.717, 1.165) is 50.9 Å². The summed E-state index contributed by atoms with van der Waals surface area (Å²) in [4.78, 5) is 47.6. The summed E-state index contributed by atoms with van der Waals surface area (Å²) in [6.45, 7) is 10.9. The van der Waals surface area contributed by atoms with E-state index >= 15 is 0 Å². The molecule has 204 valence electrons. The van der Waals surface area contributed by atoms with E-state index in [-0.39, 0.29) is 52.7 Å². The van der Waals surface area contributed by atoms with Gasteiger partial charge in [-0.25, -0.2) is 4.98 Å². The number of nitrogens with zero attached hydrogens (tertiary/aromatic N) is 3. The van der Waals surface area contributed by atoms with Crippen molar-refractivity contribution in [1.82, 2.24) is 14.8 Å². The predicted molar refractivity (Wildman–Crippen MR) is 143 cm³/mol. The maximum atomic E-state index is 13.1. The summed E-state index contributed by atoms with van der Waals surface area (Å²) >= 11 is 1.57. The lowest BCUT2D eigenvalue weighted by Crippen LogP contribution is -2.53. The Labute approximate surface area is 224 Å². The molecule has 3 fully saturated rings. The maximum absolute atomic E-state index is 13.1. The summed E-state index contributed by atoms with van der Waals surface area (Å²) in [5.74, 6) is 0.0261. The normalized spacial score (nSPS) is 33.0. The highest BCUT2D eigenvalue weighted by atomic mass is 32.1. The second-order valence-corrected chi connectivity index (χ2v) is 13.3. The molecular weight excluding hydrogens is 488 g/mol. The summed E-state index contributed by atoms with van der Waals surface area (Å²) in [5, 5.41) is 15.4. The Morgan fingerprint density at radius 1 is 1.11 bits per heavy atom. The minimum Gasteiger partial charge on any atom is -0.392 e. The van der Waals surface area contributed by atoms with Crippen LogP contribution in [0, 0.1) is 29.1 Å². The SMILES string of the molecule is CC(=O)N1CCC(C(=O)Nc2nc3c(s2)CC2(C)CCC(C(C)C(=O)N4CCCC4)C(O)C2C3C)CC1. The first-order valence-corrected chi connectivity index (χ1v) is 14.9. The van der Waals surface area contributed by atoms with Gasteiger partial charge in [-0.3, -0.25) is 14.4 Å². The maximum Gasteiger partial charge on any atom is 0.229 e. The highest BCUT2D eigenvalue weighted by molar-refractivity contribution is 7.15. The lowest BCUT2D eigenvalue weighted by atomic mass is 9.53. The average molecular weight is 531 g/mol. The number of carbonyl (C=O) groups excluding carboxylic acids is 3. The number of anilines is 1. The molecule has 2 N–H and O–H groups in total. The third-order valence-electron chi connectivity index (χ3n) is 9.91. The number of likely N-dealkylation sites (tertiary alicyclic amines) is 2. The van der Waals surface area contributed by atoms with E-state index in [0.29, 0.717) is 31.1 Å². The first-order valence-electron chi connectivity index (χ1n) is 14.1. The van der Waals surface area contributed by atoms with Crippen LogP contribution < -0.4 is 5.32 Å². The summed E-state index contributed by atoms with van der Waals surface area (Å²) in [5.41, 5.74) is 0.943. The third kappa shape index (κ3) is 4.93. The van der Waals surface area contributed by atoms with Crippen LogP contribution in [0.2, 0.25) is 0 Å². The van der Waals surface area contributed by atoms with Gasteiger partial charge in [0.05, 0.1) is 11.8 Å². The predicted octanol–water partition coefficient (Wildman–Crippen LogP) is 3.65. The third-order valence-corrected chi connectivity index (χ3v) is 10.9. The quantitative estimate of drug-likeness (QED) is 0.619. The summed E-state index contributed by atoms with van der Waals surface area (Å²) < 4.78 is 0. The molecule has 37 heavy (non-hydrogen) atoms. The topological polar surface area (TPSA) is 103 Å². The van der Waals surface area contributed by atoms with Gasteiger partial charge >= 0.3 is 0 Å². The van der Waals surface area contributed by atoms with Crippen LogP contribution in [0.5, 0.6) is 0 Å². The standard InChI is InChI=1S/C28H42N4O4S/c1-16(26(36)32-11-5-6-12-32)20-7-10-28(4)15-21-23(17(2)22(28)24(20)34)29-27(37-21)30-25(35)19-8-13-31(14-9-19)18(3)33/h16-17,19-20,22,24,34H,5-15H2,1-4H3,(H,29,30,35). The molecule has 2 saturated heterocycles. The molecule has 9 heteroatoms. The number of fused-ring (bicyclic) bond motifs is 2. The van der Waals surface area contributed by atoms with Crippen LogP contribution in [0.15, 0.2) is 0 Å². The largest absolute Gasteiger partial charge is 0.392 e. The van der Waals surface area contributed by atoms with Crippen molar-refractivity contribution >= 4 is 34.2 Å². The van der Waals surface area contributed by atoms with Crippen LogP contribution in [0.3, 0.4) is 0 Å². The number of aromatic nitrogens is 1. The Balaban J connectivity index is 1.28. The van der Waals surface area contributed by atoms with E-state index in [1.165, 1.54) is 4.88 Å². The molecule has 1 aromatic heterocycles. The van der Waals surface area contributed by atoms with Gasteiger partial charge in [0.25, 0.3) is 0 Å². The first-order chi connectivity index (χ1) is 17.6.